The Labute approximate surface area is 162 Å². The van der Waals surface area contributed by atoms with Gasteiger partial charge in [-0.05, 0) is 42.8 Å². The Morgan fingerprint density at radius 1 is 1.11 bits per heavy atom. The lowest BCUT2D eigenvalue weighted by molar-refractivity contribution is 0.100. The van der Waals surface area contributed by atoms with Crippen LogP contribution < -0.4 is 10.5 Å². The molecule has 0 saturated heterocycles. The fraction of sp³-hybridized carbons (Fsp3) is 0.136. The lowest BCUT2D eigenvalue weighted by Gasteiger charge is -2.11. The molecule has 3 aromatic carbocycles. The number of nitrogens with zero attached hydrogens (tertiary/aromatic N) is 1. The van der Waals surface area contributed by atoms with Gasteiger partial charge < -0.3 is 15.0 Å². The number of benzene rings is 3. The molecular formula is C22H19ClN2O2. The number of nitrogens with two attached hydrogens (primary N) is 1. The largest absolute Gasteiger partial charge is 0.494 e. The molecule has 4 rings (SSSR count). The Morgan fingerprint density at radius 2 is 1.89 bits per heavy atom. The van der Waals surface area contributed by atoms with Crippen LogP contribution in [0.15, 0.2) is 60.7 Å². The van der Waals surface area contributed by atoms with Crippen LogP contribution in [0.3, 0.4) is 0 Å². The van der Waals surface area contributed by atoms with Gasteiger partial charge >= 0.3 is 0 Å². The third-order valence-electron chi connectivity index (χ3n) is 4.67. The number of carbonyl (C=O) groups excluding carboxylic acids is 1. The number of para-hydroxylation sites is 1. The van der Waals surface area contributed by atoms with E-state index in [1.165, 1.54) is 0 Å². The van der Waals surface area contributed by atoms with Gasteiger partial charge in [-0.1, -0.05) is 41.9 Å². The zero-order valence-corrected chi connectivity index (χ0v) is 15.7. The molecule has 2 N–H and O–H groups in total. The second-order valence-electron chi connectivity index (χ2n) is 6.37. The van der Waals surface area contributed by atoms with Gasteiger partial charge in [0, 0.05) is 22.9 Å². The maximum Gasteiger partial charge on any atom is 0.249 e. The highest BCUT2D eigenvalue weighted by Crippen LogP contribution is 2.36. The summed E-state index contributed by atoms with van der Waals surface area (Å²) in [5.74, 6) is 0.387. The number of fused-ring (bicyclic) bond motifs is 3. The van der Waals surface area contributed by atoms with Gasteiger partial charge in [0.25, 0.3) is 0 Å². The van der Waals surface area contributed by atoms with Gasteiger partial charge in [-0.3, -0.25) is 4.79 Å². The van der Waals surface area contributed by atoms with E-state index >= 15 is 0 Å². The minimum Gasteiger partial charge on any atom is -0.494 e. The summed E-state index contributed by atoms with van der Waals surface area (Å²) in [5, 5.41) is 2.40. The Kier molecular flexibility index (Phi) is 4.50. The summed E-state index contributed by atoms with van der Waals surface area (Å²) in [6.07, 6.45) is 0. The number of aromatic nitrogens is 1. The van der Waals surface area contributed by atoms with Crippen molar-refractivity contribution in [3.63, 3.8) is 0 Å². The first kappa shape index (κ1) is 17.4. The fourth-order valence-corrected chi connectivity index (χ4v) is 3.89. The van der Waals surface area contributed by atoms with Crippen molar-refractivity contribution < 1.29 is 9.53 Å². The van der Waals surface area contributed by atoms with Crippen LogP contribution in [-0.4, -0.2) is 17.1 Å². The highest BCUT2D eigenvalue weighted by atomic mass is 35.5. The summed E-state index contributed by atoms with van der Waals surface area (Å²) in [4.78, 5) is 12.0. The third kappa shape index (κ3) is 3.02. The minimum absolute atomic E-state index is 0.446. The van der Waals surface area contributed by atoms with Crippen molar-refractivity contribution in [1.29, 1.82) is 0 Å². The maximum absolute atomic E-state index is 12.0. The first-order valence-corrected chi connectivity index (χ1v) is 9.19. The summed E-state index contributed by atoms with van der Waals surface area (Å²) in [5.41, 5.74) is 9.04. The smallest absolute Gasteiger partial charge is 0.249 e. The molecule has 1 amide bonds. The van der Waals surface area contributed by atoms with E-state index < -0.39 is 5.91 Å². The van der Waals surface area contributed by atoms with E-state index in [0.29, 0.717) is 23.7 Å². The van der Waals surface area contributed by atoms with E-state index in [4.69, 9.17) is 22.1 Å². The molecule has 1 aromatic heterocycles. The molecular weight excluding hydrogens is 360 g/mol. The molecule has 1 heterocycles. The van der Waals surface area contributed by atoms with Crippen LogP contribution >= 0.6 is 11.6 Å². The number of hydrogen-bond donors (Lipinski definition) is 1. The van der Waals surface area contributed by atoms with Crippen LogP contribution in [-0.2, 0) is 6.54 Å². The van der Waals surface area contributed by atoms with Gasteiger partial charge in [0.2, 0.25) is 5.91 Å². The van der Waals surface area contributed by atoms with Crippen molar-refractivity contribution in [2.24, 2.45) is 5.73 Å². The highest BCUT2D eigenvalue weighted by Gasteiger charge is 2.18. The zero-order chi connectivity index (χ0) is 19.0. The van der Waals surface area contributed by atoms with Gasteiger partial charge in [0.15, 0.2) is 0 Å². The van der Waals surface area contributed by atoms with E-state index in [0.717, 1.165) is 33.1 Å². The highest BCUT2D eigenvalue weighted by molar-refractivity contribution is 6.37. The monoisotopic (exact) mass is 378 g/mol. The molecule has 0 fully saturated rings. The molecule has 0 radical (unpaired) electrons. The lowest BCUT2D eigenvalue weighted by Crippen LogP contribution is -2.11. The van der Waals surface area contributed by atoms with Gasteiger partial charge in [0.05, 0.1) is 22.7 Å². The van der Waals surface area contributed by atoms with E-state index in [1.807, 2.05) is 55.5 Å². The predicted octanol–water partition coefficient (Wildman–Crippen LogP) is 4.99. The third-order valence-corrected chi connectivity index (χ3v) is 4.98. The fourth-order valence-electron chi connectivity index (χ4n) is 3.61. The average molecular weight is 379 g/mol. The van der Waals surface area contributed by atoms with Crippen LogP contribution in [0.5, 0.6) is 5.75 Å². The number of halogens is 1. The molecule has 27 heavy (non-hydrogen) atoms. The van der Waals surface area contributed by atoms with Crippen molar-refractivity contribution in [2.75, 3.05) is 6.61 Å². The Morgan fingerprint density at radius 3 is 2.67 bits per heavy atom. The van der Waals surface area contributed by atoms with Crippen LogP contribution in [0, 0.1) is 0 Å². The Hall–Kier alpha value is -2.98. The molecule has 0 bridgehead atoms. The second-order valence-corrected chi connectivity index (χ2v) is 6.77. The summed E-state index contributed by atoms with van der Waals surface area (Å²) in [6, 6.07) is 19.3. The quantitative estimate of drug-likeness (QED) is 0.531. The van der Waals surface area contributed by atoms with Crippen molar-refractivity contribution in [2.45, 2.75) is 13.5 Å². The summed E-state index contributed by atoms with van der Waals surface area (Å²) in [6.45, 7) is 3.18. The number of carbonyl (C=O) groups is 1. The summed E-state index contributed by atoms with van der Waals surface area (Å²) >= 11 is 6.55. The first-order valence-electron chi connectivity index (χ1n) is 8.81. The van der Waals surface area contributed by atoms with E-state index in [1.54, 1.807) is 6.07 Å². The van der Waals surface area contributed by atoms with Crippen molar-refractivity contribution in [1.82, 2.24) is 4.57 Å². The normalized spacial score (nSPS) is 11.2. The van der Waals surface area contributed by atoms with Crippen molar-refractivity contribution in [3.05, 3.63) is 76.8 Å². The van der Waals surface area contributed by atoms with Crippen LogP contribution in [0.25, 0.3) is 21.8 Å². The number of primary amides is 1. The molecule has 4 nitrogen and oxygen atoms in total. The number of rotatable bonds is 5. The molecule has 0 spiro atoms. The molecule has 0 unspecified atom stereocenters. The van der Waals surface area contributed by atoms with Crippen molar-refractivity contribution in [3.8, 4) is 5.75 Å². The molecule has 0 atom stereocenters. The summed E-state index contributed by atoms with van der Waals surface area (Å²) in [7, 11) is 0. The minimum atomic E-state index is -0.446. The van der Waals surface area contributed by atoms with Gasteiger partial charge in [-0.2, -0.15) is 0 Å². The first-order chi connectivity index (χ1) is 13.1. The van der Waals surface area contributed by atoms with Gasteiger partial charge in [0.1, 0.15) is 5.75 Å². The average Bonchev–Trinajstić information content (AvgIpc) is 2.97. The van der Waals surface area contributed by atoms with Crippen molar-refractivity contribution >= 4 is 39.3 Å². The van der Waals surface area contributed by atoms with Gasteiger partial charge in [-0.25, -0.2) is 0 Å². The number of amides is 1. The van der Waals surface area contributed by atoms with Crippen LogP contribution in [0.1, 0.15) is 22.8 Å². The molecule has 136 valence electrons. The SMILES string of the molecule is CCOc1cccc(Cn2c3cccc(C(N)=O)c3c3cccc(Cl)c32)c1. The Balaban J connectivity index is 1.98. The molecule has 0 aliphatic carbocycles. The van der Waals surface area contributed by atoms with Crippen LogP contribution in [0.2, 0.25) is 5.02 Å². The molecule has 5 heteroatoms. The molecule has 4 aromatic rings. The summed E-state index contributed by atoms with van der Waals surface area (Å²) < 4.78 is 7.75. The number of hydrogen-bond acceptors (Lipinski definition) is 2. The van der Waals surface area contributed by atoms with E-state index in [2.05, 4.69) is 10.6 Å². The Bertz CT molecular complexity index is 1160. The number of ether oxygens (including phenoxy) is 1. The topological polar surface area (TPSA) is 57.2 Å². The molecule has 0 saturated carbocycles. The lowest BCUT2D eigenvalue weighted by atomic mass is 10.1. The zero-order valence-electron chi connectivity index (χ0n) is 14.9. The predicted molar refractivity (Wildman–Crippen MR) is 110 cm³/mol. The maximum atomic E-state index is 12.0. The second kappa shape index (κ2) is 6.97. The molecule has 0 aliphatic heterocycles. The van der Waals surface area contributed by atoms with Gasteiger partial charge in [-0.15, -0.1) is 0 Å². The van der Waals surface area contributed by atoms with E-state index in [-0.39, 0.29) is 0 Å². The standard InChI is InChI=1S/C22H19ClN2O2/c1-2-27-15-7-3-6-14(12-15)13-25-19-11-5-9-17(22(24)26)20(19)16-8-4-10-18(23)21(16)25/h3-12H,2,13H2,1H3,(H2,24,26). The van der Waals surface area contributed by atoms with E-state index in [9.17, 15) is 4.79 Å². The van der Waals surface area contributed by atoms with Crippen LogP contribution in [0.4, 0.5) is 0 Å². The molecule has 0 aliphatic rings.